The van der Waals surface area contributed by atoms with Crippen LogP contribution in [-0.4, -0.2) is 152 Å². The Morgan fingerprint density at radius 2 is 0.956 bits per heavy atom. The van der Waals surface area contributed by atoms with Gasteiger partial charge in [0.15, 0.2) is 5.78 Å². The lowest BCUT2D eigenvalue weighted by molar-refractivity contribution is -0.127. The molecule has 2 atom stereocenters. The summed E-state index contributed by atoms with van der Waals surface area (Å²) >= 11 is 0. The normalized spacial score (nSPS) is 11.6. The average Bonchev–Trinajstić information content (AvgIpc) is 3.31. The molecule has 0 aliphatic heterocycles. The van der Waals surface area contributed by atoms with Crippen LogP contribution in [-0.2, 0) is 57.2 Å². The van der Waals surface area contributed by atoms with Gasteiger partial charge in [0.1, 0.15) is 31.6 Å². The van der Waals surface area contributed by atoms with Crippen LogP contribution in [0.15, 0.2) is 0 Å². The largest absolute Gasteiger partial charge is 0.394 e. The van der Waals surface area contributed by atoms with Gasteiger partial charge in [-0.15, -0.1) is 0 Å². The number of primary amides is 1. The van der Waals surface area contributed by atoms with E-state index in [-0.39, 0.29) is 68.2 Å². The first kappa shape index (κ1) is 69.2. The zero-order valence-electron chi connectivity index (χ0n) is 43.3. The van der Waals surface area contributed by atoms with E-state index < -0.39 is 11.9 Å². The van der Waals surface area contributed by atoms with Gasteiger partial charge in [-0.25, -0.2) is 0 Å². The van der Waals surface area contributed by atoms with Crippen LogP contribution >= 0.6 is 0 Å². The molecule has 0 saturated heterocycles. The highest BCUT2D eigenvalue weighted by Crippen LogP contribution is 2.14. The van der Waals surface area contributed by atoms with Gasteiger partial charge in [0, 0.05) is 58.7 Å². The van der Waals surface area contributed by atoms with Crippen LogP contribution in [0, 0.1) is 5.92 Å². The second kappa shape index (κ2) is 56.5. The molecule has 0 aromatic carbocycles. The van der Waals surface area contributed by atoms with E-state index in [9.17, 15) is 28.8 Å². The minimum absolute atomic E-state index is 0.0308. The number of hydrogen-bond acceptors (Lipinski definition) is 14. The van der Waals surface area contributed by atoms with Crippen LogP contribution in [0.3, 0.4) is 0 Å². The maximum Gasteiger partial charge on any atom is 0.246 e. The number of hydrogen-bond donors (Lipinski definition) is 6. The Morgan fingerprint density at radius 3 is 1.41 bits per heavy atom. The van der Waals surface area contributed by atoms with E-state index in [1.165, 1.54) is 97.0 Å². The van der Waals surface area contributed by atoms with Crippen molar-refractivity contribution in [1.82, 2.24) is 16.0 Å². The lowest BCUT2D eigenvalue weighted by Crippen LogP contribution is -2.39. The Balaban J connectivity index is -0.00000112. The molecule has 0 aliphatic carbocycles. The van der Waals surface area contributed by atoms with E-state index in [1.54, 1.807) is 6.92 Å². The number of methoxy groups -OCH3 is 1. The second-order valence-corrected chi connectivity index (χ2v) is 17.0. The van der Waals surface area contributed by atoms with Crippen LogP contribution in [0.25, 0.3) is 0 Å². The number of rotatable bonds is 48. The Bertz CT molecular complexity index is 1180. The van der Waals surface area contributed by atoms with E-state index in [0.717, 1.165) is 38.7 Å². The molecule has 0 aliphatic rings. The highest BCUT2D eigenvalue weighted by molar-refractivity contribution is 5.80. The van der Waals surface area contributed by atoms with Gasteiger partial charge in [0.05, 0.1) is 46.2 Å². The molecule has 4 amide bonds. The summed E-state index contributed by atoms with van der Waals surface area (Å²) in [4.78, 5) is 67.2. The van der Waals surface area contributed by atoms with Crippen LogP contribution in [0.2, 0.25) is 0 Å². The van der Waals surface area contributed by atoms with E-state index in [0.29, 0.717) is 78.5 Å². The fourth-order valence-electron chi connectivity index (χ4n) is 6.09. The van der Waals surface area contributed by atoms with Crippen molar-refractivity contribution in [1.29, 1.82) is 0 Å². The van der Waals surface area contributed by atoms with Crippen molar-refractivity contribution >= 4 is 35.2 Å². The summed E-state index contributed by atoms with van der Waals surface area (Å²) < 4.78 is 31.2. The number of nitrogens with two attached hydrogens (primary N) is 2. The molecule has 0 fully saturated rings. The number of carbonyl (C=O) groups excluding carboxylic acids is 6. The summed E-state index contributed by atoms with van der Waals surface area (Å²) in [5, 5.41) is 16.5. The lowest BCUT2D eigenvalue weighted by atomic mass is 10.0. The Hall–Kier alpha value is -3.10. The number of Topliss-reactive ketones (excluding diaryl/α,β-unsaturated/α-hetero) is 2. The minimum atomic E-state index is -0.903. The fraction of sp³-hybridized carbons (Fsp3) is 0.880. The summed E-state index contributed by atoms with van der Waals surface area (Å²) in [7, 11) is 1.49. The van der Waals surface area contributed by atoms with Crippen LogP contribution in [0.5, 0.6) is 0 Å². The summed E-state index contributed by atoms with van der Waals surface area (Å²) in [6.07, 6.45) is 25.7. The van der Waals surface area contributed by atoms with Crippen molar-refractivity contribution in [2.24, 2.45) is 17.4 Å². The molecule has 0 aromatic rings. The molecule has 0 rings (SSSR count). The zero-order valence-corrected chi connectivity index (χ0v) is 43.3. The molecule has 0 unspecified atom stereocenters. The molecule has 0 bridgehead atoms. The zero-order chi connectivity index (χ0) is 51.1. The molecule has 18 nitrogen and oxygen atoms in total. The van der Waals surface area contributed by atoms with Crippen molar-refractivity contribution in [2.45, 2.75) is 175 Å². The van der Waals surface area contributed by atoms with Gasteiger partial charge in [-0.3, -0.25) is 28.8 Å². The third-order valence-corrected chi connectivity index (χ3v) is 10.4. The number of unbranched alkanes of at least 4 members (excludes halogenated alkanes) is 15. The van der Waals surface area contributed by atoms with Crippen LogP contribution < -0.4 is 27.4 Å². The van der Waals surface area contributed by atoms with Gasteiger partial charge in [-0.1, -0.05) is 117 Å². The molecular formula is C50H99N5O13. The first-order chi connectivity index (χ1) is 32.9. The SMILES string of the molecule is CCCCCCCCCCCCCCCCCC(=O)NCCOCCC.COCC(=O)CCCOCCOCC(=O)NCCOCCOCC(=O)NCCCC[C@H](C)C(C)=O.NC(=O)[C@@H](N)CO. The van der Waals surface area contributed by atoms with Gasteiger partial charge in [0.25, 0.3) is 0 Å². The summed E-state index contributed by atoms with van der Waals surface area (Å²) in [5.41, 5.74) is 9.51. The first-order valence-electron chi connectivity index (χ1n) is 25.7. The third kappa shape index (κ3) is 59.0. The van der Waals surface area contributed by atoms with E-state index in [1.807, 2.05) is 6.92 Å². The second-order valence-electron chi connectivity index (χ2n) is 17.0. The van der Waals surface area contributed by atoms with E-state index in [2.05, 4.69) is 35.5 Å². The number of aliphatic hydroxyl groups is 1. The Labute approximate surface area is 410 Å². The van der Waals surface area contributed by atoms with Crippen molar-refractivity contribution in [3.63, 3.8) is 0 Å². The Morgan fingerprint density at radius 1 is 0.500 bits per heavy atom. The monoisotopic (exact) mass is 978 g/mol. The topological polar surface area (TPSA) is 266 Å². The molecule has 0 saturated carbocycles. The lowest BCUT2D eigenvalue weighted by Gasteiger charge is -2.09. The number of aliphatic hydroxyl groups excluding tert-OH is 1. The van der Waals surface area contributed by atoms with Gasteiger partial charge >= 0.3 is 0 Å². The summed E-state index contributed by atoms with van der Waals surface area (Å²) in [6, 6.07) is -0.903. The molecule has 0 radical (unpaired) electrons. The average molecular weight is 978 g/mol. The van der Waals surface area contributed by atoms with Gasteiger partial charge in [0.2, 0.25) is 23.6 Å². The molecule has 18 heteroatoms. The molecule has 0 spiro atoms. The van der Waals surface area contributed by atoms with Crippen molar-refractivity contribution in [3.8, 4) is 0 Å². The highest BCUT2D eigenvalue weighted by atomic mass is 16.5. The van der Waals surface area contributed by atoms with Crippen molar-refractivity contribution < 1.29 is 62.3 Å². The van der Waals surface area contributed by atoms with E-state index in [4.69, 9.17) is 39.3 Å². The number of nitrogens with one attached hydrogen (secondary N) is 3. The van der Waals surface area contributed by atoms with E-state index >= 15 is 0 Å². The predicted molar refractivity (Wildman–Crippen MR) is 267 cm³/mol. The molecular weight excluding hydrogens is 879 g/mol. The van der Waals surface area contributed by atoms with Crippen molar-refractivity contribution in [3.05, 3.63) is 0 Å². The molecule has 402 valence electrons. The number of ketones is 2. The Kier molecular flexibility index (Phi) is 57.5. The summed E-state index contributed by atoms with van der Waals surface area (Å²) in [6.45, 7) is 12.5. The van der Waals surface area contributed by atoms with Gasteiger partial charge in [-0.2, -0.15) is 0 Å². The van der Waals surface area contributed by atoms with Crippen LogP contribution in [0.1, 0.15) is 169 Å². The minimum Gasteiger partial charge on any atom is -0.394 e. The maximum atomic E-state index is 11.7. The maximum absolute atomic E-state index is 11.7. The first-order valence-corrected chi connectivity index (χ1v) is 25.7. The van der Waals surface area contributed by atoms with Crippen molar-refractivity contribution in [2.75, 3.05) is 106 Å². The quantitative estimate of drug-likeness (QED) is 0.0425. The third-order valence-electron chi connectivity index (χ3n) is 10.4. The highest BCUT2D eigenvalue weighted by Gasteiger charge is 2.08. The number of ether oxygens (including phenoxy) is 6. The fourth-order valence-corrected chi connectivity index (χ4v) is 6.09. The van der Waals surface area contributed by atoms with Crippen LogP contribution in [0.4, 0.5) is 0 Å². The number of amides is 4. The van der Waals surface area contributed by atoms with Gasteiger partial charge < -0.3 is 60.9 Å². The summed E-state index contributed by atoms with van der Waals surface area (Å²) in [5.74, 6) is -0.615. The molecule has 0 heterocycles. The standard InChI is InChI=1S/C24H44N2O9.C23H47NO2.C3H8N2O2/c1-20(21(2)27)7-4-5-9-25-23(29)18-35-16-14-33-12-10-26-24(30)19-34-15-13-32-11-6-8-22(28)17-31-3;1-3-5-6-7-8-9-10-11-12-13-14-15-16-17-18-19-23(25)24-20-22-26-21-4-2;4-2(1-6)3(5)7/h20H,4-19H2,1-3H3,(H,25,29)(H,26,30);3-22H2,1-2H3,(H,24,25);2,6H,1,4H2,(H2,5,7)/t20-;;2-/m0.0/s1. The molecule has 0 aromatic heterocycles. The predicted octanol–water partition coefficient (Wildman–Crippen LogP) is 5.26. The smallest absolute Gasteiger partial charge is 0.246 e. The molecule has 8 N–H and O–H groups in total. The van der Waals surface area contributed by atoms with Gasteiger partial charge in [-0.05, 0) is 39.0 Å². The number of carbonyl (C=O) groups is 6. The molecule has 68 heavy (non-hydrogen) atoms.